The molecular formula is C39H34F3N5O. The van der Waals surface area contributed by atoms with Gasteiger partial charge in [-0.25, -0.2) is 9.48 Å². The fourth-order valence-electron chi connectivity index (χ4n) is 6.67. The molecule has 0 aliphatic carbocycles. The Morgan fingerprint density at radius 2 is 1.25 bits per heavy atom. The van der Waals surface area contributed by atoms with Crippen LogP contribution in [0.4, 0.5) is 29.5 Å². The molecule has 2 heterocycles. The van der Waals surface area contributed by atoms with Crippen molar-refractivity contribution >= 4 is 28.4 Å². The summed E-state index contributed by atoms with van der Waals surface area (Å²) in [4.78, 5) is 15.3. The van der Waals surface area contributed by atoms with Crippen LogP contribution in [0.5, 0.6) is 0 Å². The van der Waals surface area contributed by atoms with Gasteiger partial charge in [-0.3, -0.25) is 0 Å². The van der Waals surface area contributed by atoms with Gasteiger partial charge in [-0.2, -0.15) is 18.3 Å². The zero-order valence-corrected chi connectivity index (χ0v) is 26.4. The second kappa shape index (κ2) is 12.2. The molecule has 2 N–H and O–H groups in total. The highest BCUT2D eigenvalue weighted by atomic mass is 19.4. The normalized spacial score (nSPS) is 14.7. The molecule has 1 aromatic heterocycles. The monoisotopic (exact) mass is 645 g/mol. The summed E-state index contributed by atoms with van der Waals surface area (Å²) in [5, 5.41) is 11.3. The van der Waals surface area contributed by atoms with Gasteiger partial charge in [0.25, 0.3) is 0 Å². The van der Waals surface area contributed by atoms with Gasteiger partial charge in [-0.15, -0.1) is 0 Å². The molecule has 2 atom stereocenters. The van der Waals surface area contributed by atoms with Gasteiger partial charge >= 0.3 is 12.2 Å². The van der Waals surface area contributed by atoms with Gasteiger partial charge < -0.3 is 15.5 Å². The van der Waals surface area contributed by atoms with Crippen LogP contribution in [0.15, 0.2) is 133 Å². The highest BCUT2D eigenvalue weighted by Crippen LogP contribution is 2.45. The predicted molar refractivity (Wildman–Crippen MR) is 183 cm³/mol. The Balaban J connectivity index is 1.50. The lowest BCUT2D eigenvalue weighted by molar-refractivity contribution is -0.138. The van der Waals surface area contributed by atoms with E-state index in [1.807, 2.05) is 140 Å². The maximum atomic E-state index is 14.0. The second-order valence-corrected chi connectivity index (χ2v) is 12.1. The summed E-state index contributed by atoms with van der Waals surface area (Å²) in [7, 11) is 0. The van der Waals surface area contributed by atoms with Crippen LogP contribution in [-0.4, -0.2) is 32.9 Å². The van der Waals surface area contributed by atoms with E-state index < -0.39 is 17.8 Å². The minimum absolute atomic E-state index is 0.101. The van der Waals surface area contributed by atoms with E-state index >= 15 is 0 Å². The van der Waals surface area contributed by atoms with Crippen molar-refractivity contribution < 1.29 is 18.0 Å². The highest BCUT2D eigenvalue weighted by Gasteiger charge is 2.43. The molecule has 2 amide bonds. The van der Waals surface area contributed by atoms with Crippen LogP contribution in [0.25, 0.3) is 10.9 Å². The maximum Gasteiger partial charge on any atom is 0.408 e. The molecule has 48 heavy (non-hydrogen) atoms. The third-order valence-electron chi connectivity index (χ3n) is 9.23. The summed E-state index contributed by atoms with van der Waals surface area (Å²) in [5.41, 5.74) is 4.41. The molecular weight excluding hydrogens is 611 g/mol. The summed E-state index contributed by atoms with van der Waals surface area (Å²) in [6.45, 7) is 3.32. The van der Waals surface area contributed by atoms with Crippen LogP contribution < -0.4 is 10.6 Å². The minimum atomic E-state index is -4.50. The predicted octanol–water partition coefficient (Wildman–Crippen LogP) is 9.35. The number of hydrogen-bond acceptors (Lipinski definition) is 3. The molecule has 5 aromatic carbocycles. The van der Waals surface area contributed by atoms with Gasteiger partial charge in [0, 0.05) is 11.1 Å². The number of nitrogens with zero attached hydrogens (tertiary/aromatic N) is 3. The van der Waals surface area contributed by atoms with E-state index in [1.54, 1.807) is 9.58 Å². The number of aromatic nitrogens is 2. The molecule has 0 saturated heterocycles. The summed E-state index contributed by atoms with van der Waals surface area (Å²) in [5.74, 6) is 0.101. The number of carbonyl (C=O) groups excluding carboxylic acids is 1. The van der Waals surface area contributed by atoms with Crippen LogP contribution in [0.1, 0.15) is 47.7 Å². The van der Waals surface area contributed by atoms with E-state index in [2.05, 4.69) is 10.6 Å². The first-order valence-electron chi connectivity index (χ1n) is 15.9. The number of nitrogens with one attached hydrogen (secondary N) is 2. The molecule has 0 radical (unpaired) electrons. The number of anilines is 2. The number of rotatable bonds is 8. The number of benzene rings is 5. The first-order chi connectivity index (χ1) is 23.2. The molecule has 0 bridgehead atoms. The smallest absolute Gasteiger partial charge is 0.357 e. The molecule has 1 aliphatic heterocycles. The molecule has 7 rings (SSSR count). The van der Waals surface area contributed by atoms with Crippen molar-refractivity contribution in [2.75, 3.05) is 10.6 Å². The number of urea groups is 1. The van der Waals surface area contributed by atoms with Crippen LogP contribution in [0.2, 0.25) is 0 Å². The van der Waals surface area contributed by atoms with Crippen LogP contribution in [-0.2, 0) is 12.1 Å². The number of hydrogen-bond donors (Lipinski definition) is 2. The molecule has 1 aliphatic rings. The molecule has 6 aromatic rings. The Morgan fingerprint density at radius 1 is 0.750 bits per heavy atom. The van der Waals surface area contributed by atoms with Crippen LogP contribution >= 0.6 is 0 Å². The first-order valence-corrected chi connectivity index (χ1v) is 15.9. The van der Waals surface area contributed by atoms with Crippen molar-refractivity contribution in [1.82, 2.24) is 14.7 Å². The third kappa shape index (κ3) is 5.35. The van der Waals surface area contributed by atoms with Crippen LogP contribution in [0, 0.1) is 0 Å². The molecule has 0 fully saturated rings. The quantitative estimate of drug-likeness (QED) is 0.162. The molecule has 9 heteroatoms. The Labute approximate surface area is 276 Å². The average molecular weight is 646 g/mol. The SMILES string of the molecule is C[C@H](c1ccccc1)N1Cc2cc3c(N[C@@H](C)C(F)(F)F)nn(C(c4ccccc4)(c4ccccc4)c4ccccc4)c3cc2NC1=O. The minimum Gasteiger partial charge on any atom is -0.357 e. The van der Waals surface area contributed by atoms with Gasteiger partial charge in [-0.1, -0.05) is 121 Å². The van der Waals surface area contributed by atoms with E-state index in [4.69, 9.17) is 5.10 Å². The van der Waals surface area contributed by atoms with Gasteiger partial charge in [0.1, 0.15) is 11.6 Å². The van der Waals surface area contributed by atoms with Gasteiger partial charge in [0.15, 0.2) is 5.82 Å². The first kappa shape index (κ1) is 31.1. The Kier molecular flexibility index (Phi) is 7.91. The number of fused-ring (bicyclic) bond motifs is 2. The Hall–Kier alpha value is -5.57. The molecule has 0 spiro atoms. The zero-order chi connectivity index (χ0) is 33.5. The highest BCUT2D eigenvalue weighted by molar-refractivity contribution is 6.00. The third-order valence-corrected chi connectivity index (χ3v) is 9.23. The van der Waals surface area contributed by atoms with Crippen molar-refractivity contribution in [1.29, 1.82) is 0 Å². The average Bonchev–Trinajstić information content (AvgIpc) is 3.45. The Morgan fingerprint density at radius 3 is 1.75 bits per heavy atom. The molecule has 0 unspecified atom stereocenters. The lowest BCUT2D eigenvalue weighted by Gasteiger charge is -2.37. The van der Waals surface area contributed by atoms with E-state index in [1.165, 1.54) is 0 Å². The lowest BCUT2D eigenvalue weighted by atomic mass is 9.77. The van der Waals surface area contributed by atoms with Crippen molar-refractivity contribution in [3.05, 3.63) is 161 Å². The lowest BCUT2D eigenvalue weighted by Crippen LogP contribution is -2.40. The van der Waals surface area contributed by atoms with E-state index in [-0.39, 0.29) is 24.4 Å². The molecule has 242 valence electrons. The number of amides is 2. The second-order valence-electron chi connectivity index (χ2n) is 12.1. The maximum absolute atomic E-state index is 14.0. The van der Waals surface area contributed by atoms with Crippen LogP contribution in [0.3, 0.4) is 0 Å². The van der Waals surface area contributed by atoms with Gasteiger partial charge in [0.2, 0.25) is 0 Å². The van der Waals surface area contributed by atoms with Gasteiger partial charge in [0.05, 0.1) is 18.1 Å². The van der Waals surface area contributed by atoms with E-state index in [9.17, 15) is 18.0 Å². The summed E-state index contributed by atoms with van der Waals surface area (Å²) < 4.78 is 43.9. The number of alkyl halides is 3. The number of carbonyl (C=O) groups is 1. The fraction of sp³-hybridized carbons (Fsp3) is 0.179. The van der Waals surface area contributed by atoms with E-state index in [0.717, 1.165) is 34.7 Å². The topological polar surface area (TPSA) is 62.2 Å². The summed E-state index contributed by atoms with van der Waals surface area (Å²) >= 11 is 0. The van der Waals surface area contributed by atoms with E-state index in [0.29, 0.717) is 16.6 Å². The number of halogens is 3. The van der Waals surface area contributed by atoms with Crippen molar-refractivity contribution in [3.63, 3.8) is 0 Å². The van der Waals surface area contributed by atoms with Crippen molar-refractivity contribution in [2.45, 2.75) is 44.2 Å². The molecule has 6 nitrogen and oxygen atoms in total. The largest absolute Gasteiger partial charge is 0.408 e. The Bertz CT molecular complexity index is 1950. The fourth-order valence-corrected chi connectivity index (χ4v) is 6.67. The summed E-state index contributed by atoms with van der Waals surface area (Å²) in [6, 6.07) is 40.5. The van der Waals surface area contributed by atoms with Gasteiger partial charge in [-0.05, 0) is 53.8 Å². The molecule has 0 saturated carbocycles. The zero-order valence-electron chi connectivity index (χ0n) is 26.4. The van der Waals surface area contributed by atoms with Crippen molar-refractivity contribution in [3.8, 4) is 0 Å². The standard InChI is InChI=1S/C39H34F3N5O/c1-26(28-15-7-3-8-16-28)46-25-29-23-33-35(24-34(29)44-37(46)48)47(45-36(33)43-27(2)39(40,41)42)38(30-17-9-4-10-18-30,31-19-11-5-12-20-31)32-21-13-6-14-22-32/h3-24,26-27H,25H2,1-2H3,(H,43,45)(H,44,48)/t26-,27+/m1/s1. The van der Waals surface area contributed by atoms with Crippen molar-refractivity contribution in [2.24, 2.45) is 0 Å². The summed E-state index contributed by atoms with van der Waals surface area (Å²) in [6.07, 6.45) is -4.50.